The average molecular weight is 156 g/mol. The molecule has 1 aliphatic rings. The number of rotatable bonds is 2. The van der Waals surface area contributed by atoms with Gasteiger partial charge in [0, 0.05) is 6.42 Å². The van der Waals surface area contributed by atoms with Crippen molar-refractivity contribution < 1.29 is 14.3 Å². The number of carbonyl (C=O) groups is 1. The third-order valence-corrected chi connectivity index (χ3v) is 1.65. The average Bonchev–Trinajstić information content (AvgIpc) is 2.36. The highest BCUT2D eigenvalue weighted by Crippen LogP contribution is 2.23. The number of ether oxygens (including phenoxy) is 2. The van der Waals surface area contributed by atoms with Crippen molar-refractivity contribution in [2.24, 2.45) is 5.92 Å². The van der Waals surface area contributed by atoms with Gasteiger partial charge in [-0.25, -0.2) is 0 Å². The molecule has 0 radical (unpaired) electrons. The van der Waals surface area contributed by atoms with E-state index in [0.29, 0.717) is 25.4 Å². The van der Waals surface area contributed by atoms with Gasteiger partial charge in [-0.1, -0.05) is 6.58 Å². The van der Waals surface area contributed by atoms with E-state index in [-0.39, 0.29) is 11.9 Å². The topological polar surface area (TPSA) is 35.5 Å². The summed E-state index contributed by atoms with van der Waals surface area (Å²) in [6.07, 6.45) is 0.706. The van der Waals surface area contributed by atoms with Crippen LogP contribution in [0.1, 0.15) is 13.3 Å². The van der Waals surface area contributed by atoms with E-state index in [4.69, 9.17) is 9.47 Å². The minimum Gasteiger partial charge on any atom is -0.498 e. The maximum atomic E-state index is 11.1. The third kappa shape index (κ3) is 1.73. The fraction of sp³-hybridized carbons (Fsp3) is 0.625. The molecule has 0 aromatic rings. The van der Waals surface area contributed by atoms with Gasteiger partial charge in [0.1, 0.15) is 11.7 Å². The van der Waals surface area contributed by atoms with Gasteiger partial charge in [0.05, 0.1) is 13.2 Å². The second-order valence-corrected chi connectivity index (χ2v) is 2.41. The Morgan fingerprint density at radius 3 is 3.09 bits per heavy atom. The highest BCUT2D eigenvalue weighted by molar-refractivity contribution is 5.75. The van der Waals surface area contributed by atoms with E-state index in [1.54, 1.807) is 6.92 Å². The Hall–Kier alpha value is -0.990. The molecule has 0 aromatic heterocycles. The Morgan fingerprint density at radius 2 is 2.64 bits per heavy atom. The normalized spacial score (nSPS) is 23.0. The fourth-order valence-electron chi connectivity index (χ4n) is 1.06. The van der Waals surface area contributed by atoms with Gasteiger partial charge in [-0.2, -0.15) is 0 Å². The summed E-state index contributed by atoms with van der Waals surface area (Å²) >= 11 is 0. The van der Waals surface area contributed by atoms with Crippen LogP contribution in [-0.2, 0) is 14.3 Å². The Balaban J connectivity index is 2.46. The first-order valence-electron chi connectivity index (χ1n) is 3.74. The Morgan fingerprint density at radius 1 is 1.91 bits per heavy atom. The first kappa shape index (κ1) is 8.11. The molecule has 1 heterocycles. The van der Waals surface area contributed by atoms with Crippen molar-refractivity contribution in [3.63, 3.8) is 0 Å². The van der Waals surface area contributed by atoms with Crippen LogP contribution < -0.4 is 0 Å². The van der Waals surface area contributed by atoms with Gasteiger partial charge in [0.25, 0.3) is 0 Å². The van der Waals surface area contributed by atoms with Gasteiger partial charge in [-0.3, -0.25) is 4.79 Å². The SMILES string of the molecule is C=C1OCC[C@H]1C(=O)OCC. The second-order valence-electron chi connectivity index (χ2n) is 2.41. The third-order valence-electron chi connectivity index (χ3n) is 1.65. The Labute approximate surface area is 66.0 Å². The van der Waals surface area contributed by atoms with E-state index < -0.39 is 0 Å². The van der Waals surface area contributed by atoms with E-state index in [9.17, 15) is 4.79 Å². The molecule has 11 heavy (non-hydrogen) atoms. The quantitative estimate of drug-likeness (QED) is 0.561. The van der Waals surface area contributed by atoms with E-state index in [1.807, 2.05) is 0 Å². The lowest BCUT2D eigenvalue weighted by molar-refractivity contribution is -0.146. The zero-order valence-electron chi connectivity index (χ0n) is 6.63. The monoisotopic (exact) mass is 156 g/mol. The summed E-state index contributed by atoms with van der Waals surface area (Å²) < 4.78 is 9.85. The highest BCUT2D eigenvalue weighted by Gasteiger charge is 2.29. The van der Waals surface area contributed by atoms with Gasteiger partial charge in [0.2, 0.25) is 0 Å². The lowest BCUT2D eigenvalue weighted by Gasteiger charge is -2.06. The van der Waals surface area contributed by atoms with Crippen LogP contribution in [0.25, 0.3) is 0 Å². The zero-order valence-corrected chi connectivity index (χ0v) is 6.63. The van der Waals surface area contributed by atoms with Crippen LogP contribution in [0.4, 0.5) is 0 Å². The van der Waals surface area contributed by atoms with Crippen molar-refractivity contribution in [1.82, 2.24) is 0 Å². The van der Waals surface area contributed by atoms with Crippen LogP contribution in [0.15, 0.2) is 12.3 Å². The largest absolute Gasteiger partial charge is 0.498 e. The first-order valence-corrected chi connectivity index (χ1v) is 3.74. The molecule has 1 rings (SSSR count). The molecule has 1 fully saturated rings. The van der Waals surface area contributed by atoms with Crippen LogP contribution in [0, 0.1) is 5.92 Å². The summed E-state index contributed by atoms with van der Waals surface area (Å²) in [6, 6.07) is 0. The Bertz CT molecular complexity index is 174. The predicted octanol–water partition coefficient (Wildman–Crippen LogP) is 1.10. The van der Waals surface area contributed by atoms with Crippen LogP contribution in [0.5, 0.6) is 0 Å². The van der Waals surface area contributed by atoms with E-state index in [2.05, 4.69) is 6.58 Å². The molecule has 0 bridgehead atoms. The highest BCUT2D eigenvalue weighted by atomic mass is 16.5. The van der Waals surface area contributed by atoms with E-state index in [1.165, 1.54) is 0 Å². The molecular weight excluding hydrogens is 144 g/mol. The number of carbonyl (C=O) groups excluding carboxylic acids is 1. The minimum atomic E-state index is -0.227. The van der Waals surface area contributed by atoms with Gasteiger partial charge in [-0.15, -0.1) is 0 Å². The molecule has 3 nitrogen and oxygen atoms in total. The molecular formula is C8H12O3. The van der Waals surface area contributed by atoms with Crippen molar-refractivity contribution in [2.75, 3.05) is 13.2 Å². The molecule has 0 saturated carbocycles. The Kier molecular flexibility index (Phi) is 2.52. The fourth-order valence-corrected chi connectivity index (χ4v) is 1.06. The molecule has 0 aromatic carbocycles. The minimum absolute atomic E-state index is 0.213. The summed E-state index contributed by atoms with van der Waals surface area (Å²) in [5.74, 6) is 0.105. The second kappa shape index (κ2) is 3.42. The summed E-state index contributed by atoms with van der Waals surface area (Å²) in [7, 11) is 0. The van der Waals surface area contributed by atoms with Crippen LogP contribution >= 0.6 is 0 Å². The summed E-state index contributed by atoms with van der Waals surface area (Å²) in [6.45, 7) is 6.41. The van der Waals surface area contributed by atoms with Crippen LogP contribution in [0.2, 0.25) is 0 Å². The van der Waals surface area contributed by atoms with E-state index in [0.717, 1.165) is 0 Å². The lowest BCUT2D eigenvalue weighted by Crippen LogP contribution is -2.15. The number of hydrogen-bond donors (Lipinski definition) is 0. The molecule has 1 atom stereocenters. The lowest BCUT2D eigenvalue weighted by atomic mass is 10.1. The van der Waals surface area contributed by atoms with Gasteiger partial charge < -0.3 is 9.47 Å². The van der Waals surface area contributed by atoms with Crippen LogP contribution in [0.3, 0.4) is 0 Å². The predicted molar refractivity (Wildman–Crippen MR) is 39.8 cm³/mol. The molecule has 1 saturated heterocycles. The van der Waals surface area contributed by atoms with Crippen molar-refractivity contribution in [2.45, 2.75) is 13.3 Å². The van der Waals surface area contributed by atoms with Crippen LogP contribution in [-0.4, -0.2) is 19.2 Å². The standard InChI is InChI=1S/C8H12O3/c1-3-10-8(9)7-4-5-11-6(7)2/h7H,2-5H2,1H3/t7-/m1/s1. The zero-order chi connectivity index (χ0) is 8.27. The number of esters is 1. The summed E-state index contributed by atoms with van der Waals surface area (Å²) in [5, 5.41) is 0. The summed E-state index contributed by atoms with van der Waals surface area (Å²) in [5.41, 5.74) is 0. The molecule has 0 unspecified atom stereocenters. The molecule has 62 valence electrons. The molecule has 0 N–H and O–H groups in total. The van der Waals surface area contributed by atoms with Crippen molar-refractivity contribution in [3.8, 4) is 0 Å². The maximum absolute atomic E-state index is 11.1. The summed E-state index contributed by atoms with van der Waals surface area (Å²) in [4.78, 5) is 11.1. The first-order chi connectivity index (χ1) is 5.25. The van der Waals surface area contributed by atoms with Gasteiger partial charge in [-0.05, 0) is 6.92 Å². The molecule has 3 heteroatoms. The molecule has 0 aliphatic carbocycles. The van der Waals surface area contributed by atoms with Gasteiger partial charge >= 0.3 is 5.97 Å². The maximum Gasteiger partial charge on any atom is 0.316 e. The van der Waals surface area contributed by atoms with Gasteiger partial charge in [0.15, 0.2) is 0 Å². The smallest absolute Gasteiger partial charge is 0.316 e. The van der Waals surface area contributed by atoms with Crippen molar-refractivity contribution in [1.29, 1.82) is 0 Å². The molecule has 0 amide bonds. The van der Waals surface area contributed by atoms with E-state index >= 15 is 0 Å². The number of hydrogen-bond acceptors (Lipinski definition) is 3. The van der Waals surface area contributed by atoms with Crippen molar-refractivity contribution >= 4 is 5.97 Å². The molecule has 0 spiro atoms. The van der Waals surface area contributed by atoms with Crippen molar-refractivity contribution in [3.05, 3.63) is 12.3 Å². The molecule has 1 aliphatic heterocycles.